The maximum absolute atomic E-state index is 9.88. The van der Waals surface area contributed by atoms with Gasteiger partial charge >= 0.3 is 0 Å². The molecule has 138 valence electrons. The van der Waals surface area contributed by atoms with Crippen LogP contribution in [0.4, 0.5) is 0 Å². The quantitative estimate of drug-likeness (QED) is 0.602. The standard InChI is InChI=1S/C23H23NO3/c25-21-14-18-10-12-24-23(20(18)15-22(21)26)17-6-8-19(9-7-17)27-13-11-16-4-2-1-3-5-16/h1-9,14-15,23-26H,10-13H2. The summed E-state index contributed by atoms with van der Waals surface area (Å²) < 4.78 is 5.86. The smallest absolute Gasteiger partial charge is 0.157 e. The summed E-state index contributed by atoms with van der Waals surface area (Å²) in [4.78, 5) is 0. The maximum Gasteiger partial charge on any atom is 0.157 e. The minimum atomic E-state index is -0.0803. The molecule has 0 saturated heterocycles. The van der Waals surface area contributed by atoms with E-state index in [2.05, 4.69) is 29.6 Å². The number of ether oxygens (including phenoxy) is 1. The van der Waals surface area contributed by atoms with Gasteiger partial charge in [-0.2, -0.15) is 0 Å². The average Bonchev–Trinajstić information content (AvgIpc) is 2.70. The molecule has 1 aliphatic heterocycles. The Morgan fingerprint density at radius 3 is 2.44 bits per heavy atom. The van der Waals surface area contributed by atoms with Crippen LogP contribution in [0.5, 0.6) is 17.2 Å². The van der Waals surface area contributed by atoms with Crippen molar-refractivity contribution in [2.24, 2.45) is 0 Å². The molecule has 0 spiro atoms. The molecule has 0 aliphatic carbocycles. The fourth-order valence-electron chi connectivity index (χ4n) is 3.57. The molecule has 1 atom stereocenters. The summed E-state index contributed by atoms with van der Waals surface area (Å²) >= 11 is 0. The highest BCUT2D eigenvalue weighted by Crippen LogP contribution is 2.36. The lowest BCUT2D eigenvalue weighted by Crippen LogP contribution is -2.30. The maximum atomic E-state index is 9.88. The molecule has 1 heterocycles. The monoisotopic (exact) mass is 361 g/mol. The first kappa shape index (κ1) is 17.4. The van der Waals surface area contributed by atoms with Crippen LogP contribution in [0.15, 0.2) is 66.7 Å². The number of nitrogens with one attached hydrogen (secondary N) is 1. The van der Waals surface area contributed by atoms with Crippen molar-refractivity contribution in [1.29, 1.82) is 0 Å². The van der Waals surface area contributed by atoms with Crippen LogP contribution >= 0.6 is 0 Å². The molecule has 0 radical (unpaired) electrons. The van der Waals surface area contributed by atoms with Gasteiger partial charge in [0.2, 0.25) is 0 Å². The minimum absolute atomic E-state index is 0.00128. The zero-order valence-electron chi connectivity index (χ0n) is 15.1. The van der Waals surface area contributed by atoms with Crippen LogP contribution < -0.4 is 10.1 Å². The van der Waals surface area contributed by atoms with Crippen LogP contribution in [-0.2, 0) is 12.8 Å². The highest BCUT2D eigenvalue weighted by Gasteiger charge is 2.23. The van der Waals surface area contributed by atoms with Crippen molar-refractivity contribution in [2.45, 2.75) is 18.9 Å². The molecular weight excluding hydrogens is 338 g/mol. The van der Waals surface area contributed by atoms with E-state index in [4.69, 9.17) is 4.74 Å². The molecule has 1 unspecified atom stereocenters. The highest BCUT2D eigenvalue weighted by atomic mass is 16.5. The topological polar surface area (TPSA) is 61.7 Å². The van der Waals surface area contributed by atoms with E-state index in [1.54, 1.807) is 12.1 Å². The lowest BCUT2D eigenvalue weighted by Gasteiger charge is -2.28. The van der Waals surface area contributed by atoms with E-state index in [0.717, 1.165) is 41.8 Å². The van der Waals surface area contributed by atoms with Crippen molar-refractivity contribution in [2.75, 3.05) is 13.2 Å². The SMILES string of the molecule is Oc1cc2c(cc1O)C(c1ccc(OCCc3ccccc3)cc1)NCC2. The van der Waals surface area contributed by atoms with Gasteiger partial charge in [0.15, 0.2) is 11.5 Å². The fourth-order valence-corrected chi connectivity index (χ4v) is 3.57. The number of hydrogen-bond donors (Lipinski definition) is 3. The van der Waals surface area contributed by atoms with Gasteiger partial charge in [-0.3, -0.25) is 0 Å². The molecule has 27 heavy (non-hydrogen) atoms. The van der Waals surface area contributed by atoms with E-state index in [1.807, 2.05) is 30.3 Å². The highest BCUT2D eigenvalue weighted by molar-refractivity contribution is 5.50. The Morgan fingerprint density at radius 1 is 0.926 bits per heavy atom. The van der Waals surface area contributed by atoms with Gasteiger partial charge in [0.05, 0.1) is 12.6 Å². The second kappa shape index (κ2) is 7.72. The van der Waals surface area contributed by atoms with Crippen molar-refractivity contribution in [1.82, 2.24) is 5.32 Å². The summed E-state index contributed by atoms with van der Waals surface area (Å²) in [5.41, 5.74) is 4.45. The molecule has 4 nitrogen and oxygen atoms in total. The summed E-state index contributed by atoms with van der Waals surface area (Å²) in [5.74, 6) is 0.708. The van der Waals surface area contributed by atoms with E-state index < -0.39 is 0 Å². The number of rotatable bonds is 5. The van der Waals surface area contributed by atoms with Crippen LogP contribution in [0, 0.1) is 0 Å². The van der Waals surface area contributed by atoms with Gasteiger partial charge in [0.25, 0.3) is 0 Å². The summed E-state index contributed by atoms with van der Waals surface area (Å²) in [7, 11) is 0. The molecule has 1 aliphatic rings. The summed E-state index contributed by atoms with van der Waals surface area (Å²) in [6.45, 7) is 1.47. The Morgan fingerprint density at radius 2 is 1.67 bits per heavy atom. The first-order valence-corrected chi connectivity index (χ1v) is 9.25. The van der Waals surface area contributed by atoms with E-state index in [1.165, 1.54) is 5.56 Å². The lowest BCUT2D eigenvalue weighted by atomic mass is 9.89. The van der Waals surface area contributed by atoms with Gasteiger partial charge in [-0.25, -0.2) is 0 Å². The van der Waals surface area contributed by atoms with Gasteiger partial charge in [0, 0.05) is 13.0 Å². The Labute approximate surface area is 159 Å². The van der Waals surface area contributed by atoms with E-state index >= 15 is 0 Å². The van der Waals surface area contributed by atoms with Crippen molar-refractivity contribution < 1.29 is 14.9 Å². The van der Waals surface area contributed by atoms with Crippen LogP contribution in [0.2, 0.25) is 0 Å². The average molecular weight is 361 g/mol. The Bertz CT molecular complexity index is 907. The third-order valence-corrected chi connectivity index (χ3v) is 5.01. The number of benzene rings is 3. The van der Waals surface area contributed by atoms with Gasteiger partial charge in [-0.05, 0) is 52.9 Å². The lowest BCUT2D eigenvalue weighted by molar-refractivity contribution is 0.322. The summed E-state index contributed by atoms with van der Waals surface area (Å²) in [6, 6.07) is 21.7. The van der Waals surface area contributed by atoms with Crippen LogP contribution in [0.25, 0.3) is 0 Å². The molecule has 0 fully saturated rings. The van der Waals surface area contributed by atoms with E-state index in [-0.39, 0.29) is 17.5 Å². The largest absolute Gasteiger partial charge is 0.504 e. The number of phenols is 2. The number of aromatic hydroxyl groups is 2. The predicted molar refractivity (Wildman–Crippen MR) is 105 cm³/mol. The summed E-state index contributed by atoms with van der Waals surface area (Å²) in [5, 5.41) is 23.1. The van der Waals surface area contributed by atoms with Crippen LogP contribution in [0.3, 0.4) is 0 Å². The van der Waals surface area contributed by atoms with Gasteiger partial charge in [-0.15, -0.1) is 0 Å². The van der Waals surface area contributed by atoms with Crippen LogP contribution in [-0.4, -0.2) is 23.4 Å². The molecule has 3 aromatic rings. The normalized spacial score (nSPS) is 15.9. The number of fused-ring (bicyclic) bond motifs is 1. The first-order valence-electron chi connectivity index (χ1n) is 9.25. The molecule has 0 bridgehead atoms. The van der Waals surface area contributed by atoms with Crippen molar-refractivity contribution >= 4 is 0 Å². The molecular formula is C23H23NO3. The Balaban J connectivity index is 1.45. The molecule has 0 saturated carbocycles. The minimum Gasteiger partial charge on any atom is -0.504 e. The van der Waals surface area contributed by atoms with Gasteiger partial charge in [0.1, 0.15) is 5.75 Å². The summed E-state index contributed by atoms with van der Waals surface area (Å²) in [6.07, 6.45) is 1.71. The third-order valence-electron chi connectivity index (χ3n) is 5.01. The molecule has 4 heteroatoms. The third kappa shape index (κ3) is 3.91. The Hall–Kier alpha value is -2.98. The van der Waals surface area contributed by atoms with Crippen molar-refractivity contribution in [3.05, 3.63) is 89.0 Å². The van der Waals surface area contributed by atoms with Crippen LogP contribution in [0.1, 0.15) is 28.3 Å². The Kier molecular flexibility index (Phi) is 4.99. The van der Waals surface area contributed by atoms with Gasteiger partial charge in [-0.1, -0.05) is 42.5 Å². The zero-order chi connectivity index (χ0) is 18.6. The van der Waals surface area contributed by atoms with E-state index in [9.17, 15) is 10.2 Å². The zero-order valence-corrected chi connectivity index (χ0v) is 15.1. The molecule has 3 aromatic carbocycles. The second-order valence-electron chi connectivity index (χ2n) is 6.83. The van der Waals surface area contributed by atoms with E-state index in [0.29, 0.717) is 6.61 Å². The van der Waals surface area contributed by atoms with Crippen molar-refractivity contribution in [3.8, 4) is 17.2 Å². The first-order chi connectivity index (χ1) is 13.2. The predicted octanol–water partition coefficient (Wildman–Crippen LogP) is 3.95. The van der Waals surface area contributed by atoms with Gasteiger partial charge < -0.3 is 20.3 Å². The fraction of sp³-hybridized carbons (Fsp3) is 0.217. The molecule has 4 rings (SSSR count). The number of hydrogen-bond acceptors (Lipinski definition) is 4. The molecule has 0 amide bonds. The van der Waals surface area contributed by atoms with Crippen molar-refractivity contribution in [3.63, 3.8) is 0 Å². The molecule has 0 aromatic heterocycles. The second-order valence-corrected chi connectivity index (χ2v) is 6.83. The number of phenolic OH excluding ortho intramolecular Hbond substituents is 2. The molecule has 3 N–H and O–H groups in total.